The van der Waals surface area contributed by atoms with Crippen LogP contribution in [0.5, 0.6) is 0 Å². The van der Waals surface area contributed by atoms with E-state index in [0.29, 0.717) is 16.1 Å². The Morgan fingerprint density at radius 3 is 2.42 bits per heavy atom. The number of aromatic nitrogens is 6. The first-order valence-corrected chi connectivity index (χ1v) is 20.9. The van der Waals surface area contributed by atoms with Crippen molar-refractivity contribution in [3.05, 3.63) is 110 Å². The van der Waals surface area contributed by atoms with E-state index in [4.69, 9.17) is 4.98 Å². The Balaban J connectivity index is 1.23. The van der Waals surface area contributed by atoms with Crippen molar-refractivity contribution in [2.24, 2.45) is 13.0 Å². The first-order valence-electron chi connectivity index (χ1n) is 19.0. The van der Waals surface area contributed by atoms with Crippen LogP contribution < -0.4 is 15.6 Å². The largest absolute Gasteiger partial charge is 0.344 e. The molecule has 308 valence electrons. The molecule has 2 fully saturated rings. The molecule has 9 rings (SSSR count). The van der Waals surface area contributed by atoms with E-state index in [0.717, 1.165) is 49.6 Å². The summed E-state index contributed by atoms with van der Waals surface area (Å²) >= 11 is 0. The normalized spacial score (nSPS) is 19.1. The Hall–Kier alpha value is -5.72. The third-order valence-electron chi connectivity index (χ3n) is 11.6. The van der Waals surface area contributed by atoms with Gasteiger partial charge < -0.3 is 5.32 Å². The zero-order valence-electron chi connectivity index (χ0n) is 31.5. The average Bonchev–Trinajstić information content (AvgIpc) is 3.40. The van der Waals surface area contributed by atoms with Crippen LogP contribution in [0, 0.1) is 17.6 Å². The minimum atomic E-state index is -3.81. The summed E-state index contributed by atoms with van der Waals surface area (Å²) in [6.07, 6.45) is 1.32. The highest BCUT2D eigenvalue weighted by molar-refractivity contribution is 7.92. The van der Waals surface area contributed by atoms with Crippen LogP contribution in [0.2, 0.25) is 0 Å². The predicted molar refractivity (Wildman–Crippen MR) is 204 cm³/mol. The SMILES string of the molecule is Cn1nc(NS(C)(=O)=O)c2cccc(-n3c([C@H](Cc4cc(F)cc(F)c4)NC(=O)Cn4nc(C(F)F)c5c4C(F)(F)C4CC54)nc4cc(C5CCCC5)ccc4c3=O)c21. The van der Waals surface area contributed by atoms with Crippen LogP contribution in [0.4, 0.5) is 32.2 Å². The van der Waals surface area contributed by atoms with Gasteiger partial charge in [-0.2, -0.15) is 19.0 Å². The number of alkyl halides is 4. The molecule has 2 N–H and O–H groups in total. The maximum Gasteiger partial charge on any atom is 0.293 e. The Labute approximate surface area is 332 Å². The summed E-state index contributed by atoms with van der Waals surface area (Å²) < 4.78 is 119. The summed E-state index contributed by atoms with van der Waals surface area (Å²) in [6, 6.07) is 11.3. The molecule has 6 aromatic rings. The second-order valence-corrected chi connectivity index (χ2v) is 17.4. The van der Waals surface area contributed by atoms with Gasteiger partial charge in [0.15, 0.2) is 5.82 Å². The lowest BCUT2D eigenvalue weighted by Gasteiger charge is -2.24. The van der Waals surface area contributed by atoms with Gasteiger partial charge in [-0.25, -0.2) is 31.0 Å². The molecule has 0 aliphatic heterocycles. The van der Waals surface area contributed by atoms with Crippen LogP contribution in [0.1, 0.15) is 90.3 Å². The fourth-order valence-corrected chi connectivity index (χ4v) is 9.57. The quantitative estimate of drug-likeness (QED) is 0.133. The zero-order chi connectivity index (χ0) is 41.7. The maximum atomic E-state index is 15.5. The van der Waals surface area contributed by atoms with E-state index in [1.54, 1.807) is 30.3 Å². The number of carbonyl (C=O) groups is 1. The topological polar surface area (TPSA) is 146 Å². The molecule has 3 aromatic heterocycles. The van der Waals surface area contributed by atoms with E-state index < -0.39 is 81.3 Å². The summed E-state index contributed by atoms with van der Waals surface area (Å²) in [7, 11) is -2.29. The molecule has 12 nitrogen and oxygen atoms in total. The Morgan fingerprint density at radius 2 is 1.73 bits per heavy atom. The lowest BCUT2D eigenvalue weighted by Crippen LogP contribution is -2.38. The summed E-state index contributed by atoms with van der Waals surface area (Å²) in [4.78, 5) is 33.9. The van der Waals surface area contributed by atoms with Gasteiger partial charge in [-0.3, -0.25) is 28.2 Å². The van der Waals surface area contributed by atoms with E-state index in [1.165, 1.54) is 16.3 Å². The molecule has 1 amide bonds. The Morgan fingerprint density at radius 1 is 1.00 bits per heavy atom. The first kappa shape index (κ1) is 38.8. The number of amides is 1. The van der Waals surface area contributed by atoms with Gasteiger partial charge in [0.1, 0.15) is 35.4 Å². The van der Waals surface area contributed by atoms with Crippen molar-refractivity contribution in [1.29, 1.82) is 0 Å². The van der Waals surface area contributed by atoms with E-state index >= 15 is 8.78 Å². The van der Waals surface area contributed by atoms with Crippen molar-refractivity contribution in [2.75, 3.05) is 11.0 Å². The van der Waals surface area contributed by atoms with E-state index in [-0.39, 0.29) is 63.6 Å². The number of para-hydroxylation sites is 1. The zero-order valence-corrected chi connectivity index (χ0v) is 32.3. The van der Waals surface area contributed by atoms with Crippen molar-refractivity contribution in [2.45, 2.75) is 75.3 Å². The number of halogens is 6. The van der Waals surface area contributed by atoms with Gasteiger partial charge in [-0.05, 0) is 78.6 Å². The molecular formula is C40H36F6N8O4S. The Bertz CT molecular complexity index is 2870. The smallest absolute Gasteiger partial charge is 0.293 e. The minimum absolute atomic E-state index is 0.0206. The van der Waals surface area contributed by atoms with Gasteiger partial charge in [0, 0.05) is 36.4 Å². The second-order valence-electron chi connectivity index (χ2n) is 15.7. The molecule has 3 aromatic carbocycles. The maximum absolute atomic E-state index is 15.5. The molecule has 0 spiro atoms. The second kappa shape index (κ2) is 13.9. The standard InChI is InChI=1S/C40H36F6N8O4S/c1-52-34-25(37(50-52)51-59(2,57)58)8-5-9-30(34)54-38(48-28-15-21(20-6-3-4-7-20)10-11-24(28)39(54)56)29(14-19-12-22(41)16-23(42)13-19)47-31(55)18-53-35-32(33(49-53)36(43)44)26-17-27(26)40(35,45)46/h5,8-13,15-16,20,26-27,29,36H,3-4,6-7,14,17-18H2,1-2H3,(H,47,55)(H,50,51)/t26?,27?,29-/m0/s1. The first-order chi connectivity index (χ1) is 28.0. The van der Waals surface area contributed by atoms with E-state index in [2.05, 4.69) is 20.2 Å². The molecule has 59 heavy (non-hydrogen) atoms. The molecule has 3 aliphatic carbocycles. The number of sulfonamides is 1. The van der Waals surface area contributed by atoms with Crippen molar-refractivity contribution in [3.63, 3.8) is 0 Å². The van der Waals surface area contributed by atoms with Gasteiger partial charge in [-0.1, -0.05) is 25.0 Å². The van der Waals surface area contributed by atoms with Crippen LogP contribution in [-0.4, -0.2) is 49.7 Å². The number of hydrogen-bond acceptors (Lipinski definition) is 7. The third-order valence-corrected chi connectivity index (χ3v) is 12.1. The highest BCUT2D eigenvalue weighted by Crippen LogP contribution is 2.68. The number of anilines is 1. The average molecular weight is 839 g/mol. The molecule has 2 saturated carbocycles. The van der Waals surface area contributed by atoms with Crippen LogP contribution in [-0.2, 0) is 40.8 Å². The van der Waals surface area contributed by atoms with Crippen molar-refractivity contribution < 1.29 is 39.6 Å². The molecule has 0 radical (unpaired) electrons. The number of nitrogens with zero attached hydrogens (tertiary/aromatic N) is 6. The monoisotopic (exact) mass is 838 g/mol. The highest BCUT2D eigenvalue weighted by atomic mass is 32.2. The third kappa shape index (κ3) is 6.81. The summed E-state index contributed by atoms with van der Waals surface area (Å²) in [5, 5.41) is 11.3. The number of nitrogens with one attached hydrogen (secondary N) is 2. The van der Waals surface area contributed by atoms with E-state index in [9.17, 15) is 35.6 Å². The molecular weight excluding hydrogens is 803 g/mol. The number of benzene rings is 3. The molecule has 0 saturated heterocycles. The number of hydrogen-bond donors (Lipinski definition) is 2. The lowest BCUT2D eigenvalue weighted by atomic mass is 9.96. The molecule has 3 atom stereocenters. The summed E-state index contributed by atoms with van der Waals surface area (Å²) in [6.45, 7) is -0.931. The van der Waals surface area contributed by atoms with Crippen LogP contribution in [0.3, 0.4) is 0 Å². The number of rotatable bonds is 11. The lowest BCUT2D eigenvalue weighted by molar-refractivity contribution is -0.123. The molecule has 19 heteroatoms. The van der Waals surface area contributed by atoms with Gasteiger partial charge in [0.2, 0.25) is 15.9 Å². The van der Waals surface area contributed by atoms with Crippen LogP contribution in [0.15, 0.2) is 59.4 Å². The molecule has 2 unspecified atom stereocenters. The van der Waals surface area contributed by atoms with Gasteiger partial charge in [-0.15, -0.1) is 0 Å². The minimum Gasteiger partial charge on any atom is -0.344 e. The highest BCUT2D eigenvalue weighted by Gasteiger charge is 2.67. The predicted octanol–water partition coefficient (Wildman–Crippen LogP) is 7.02. The van der Waals surface area contributed by atoms with Crippen molar-refractivity contribution >= 4 is 43.6 Å². The summed E-state index contributed by atoms with van der Waals surface area (Å²) in [5.74, 6) is -8.32. The van der Waals surface area contributed by atoms with Gasteiger partial charge in [0.05, 0.1) is 34.4 Å². The Kier molecular flexibility index (Phi) is 9.17. The van der Waals surface area contributed by atoms with E-state index in [1.807, 2.05) is 6.07 Å². The number of fused-ring (bicyclic) bond motifs is 5. The summed E-state index contributed by atoms with van der Waals surface area (Å²) in [5.41, 5.74) is -0.837. The van der Waals surface area contributed by atoms with Crippen LogP contribution in [0.25, 0.3) is 27.5 Å². The van der Waals surface area contributed by atoms with Crippen LogP contribution >= 0.6 is 0 Å². The van der Waals surface area contributed by atoms with Crippen molar-refractivity contribution in [3.8, 4) is 5.69 Å². The molecule has 3 aliphatic rings. The number of carbonyl (C=O) groups excluding carboxylic acids is 1. The van der Waals surface area contributed by atoms with Gasteiger partial charge in [0.25, 0.3) is 17.9 Å². The van der Waals surface area contributed by atoms with Gasteiger partial charge >= 0.3 is 0 Å². The fraction of sp³-hybridized carbons (Fsp3) is 0.375. The van der Waals surface area contributed by atoms with Crippen molar-refractivity contribution in [1.82, 2.24) is 34.4 Å². The number of aryl methyl sites for hydroxylation is 1. The molecule has 3 heterocycles. The fourth-order valence-electron chi connectivity index (χ4n) is 9.07. The molecule has 0 bridgehead atoms.